The predicted molar refractivity (Wildman–Crippen MR) is 90.9 cm³/mol. The lowest BCUT2D eigenvalue weighted by Crippen LogP contribution is -2.50. The second-order valence-electron chi connectivity index (χ2n) is 6.32. The zero-order valence-corrected chi connectivity index (χ0v) is 14.9. The van der Waals surface area contributed by atoms with Gasteiger partial charge in [-0.05, 0) is 37.1 Å². The topological polar surface area (TPSA) is 69.7 Å². The lowest BCUT2D eigenvalue weighted by Gasteiger charge is -2.32. The van der Waals surface area contributed by atoms with Crippen LogP contribution in [0.5, 0.6) is 0 Å². The monoisotopic (exact) mass is 357 g/mol. The number of nitrogens with one attached hydrogen (secondary N) is 1. The maximum atomic E-state index is 12.6. The quantitative estimate of drug-likeness (QED) is 0.874. The Balaban J connectivity index is 1.53. The minimum Gasteiger partial charge on any atom is -0.335 e. The van der Waals surface area contributed by atoms with Crippen LogP contribution in [0, 0.1) is 0 Å². The fourth-order valence-corrected chi connectivity index (χ4v) is 4.49. The number of hydrogen-bond acceptors (Lipinski definition) is 4. The fourth-order valence-electron chi connectivity index (χ4n) is 2.91. The highest BCUT2D eigenvalue weighted by Gasteiger charge is 2.34. The first-order valence-electron chi connectivity index (χ1n) is 7.98. The van der Waals surface area contributed by atoms with Gasteiger partial charge in [0.25, 0.3) is 0 Å². The summed E-state index contributed by atoms with van der Waals surface area (Å²) in [7, 11) is -3.12. The molecule has 0 atom stereocenters. The Morgan fingerprint density at radius 1 is 1.35 bits per heavy atom. The molecular formula is C15H23N3O3S2. The molecule has 1 aromatic heterocycles. The van der Waals surface area contributed by atoms with E-state index in [1.807, 2.05) is 16.3 Å². The maximum absolute atomic E-state index is 12.6. The van der Waals surface area contributed by atoms with Gasteiger partial charge in [0.05, 0.1) is 12.8 Å². The average molecular weight is 358 g/mol. The summed E-state index contributed by atoms with van der Waals surface area (Å²) in [5, 5.41) is 5.12. The number of thiophene rings is 1. The van der Waals surface area contributed by atoms with E-state index in [0.29, 0.717) is 38.5 Å². The summed E-state index contributed by atoms with van der Waals surface area (Å²) >= 11 is 1.67. The highest BCUT2D eigenvalue weighted by molar-refractivity contribution is 7.88. The summed E-state index contributed by atoms with van der Waals surface area (Å²) in [6, 6.07) is 4.46. The van der Waals surface area contributed by atoms with Crippen LogP contribution in [0.2, 0.25) is 0 Å². The van der Waals surface area contributed by atoms with Gasteiger partial charge in [0.15, 0.2) is 0 Å². The van der Waals surface area contributed by atoms with E-state index in [9.17, 15) is 13.2 Å². The summed E-state index contributed by atoms with van der Waals surface area (Å²) in [6.07, 6.45) is 4.74. The van der Waals surface area contributed by atoms with Crippen molar-refractivity contribution in [3.63, 3.8) is 0 Å². The Kier molecular flexibility index (Phi) is 4.93. The first-order chi connectivity index (χ1) is 10.9. The molecule has 3 rings (SSSR count). The van der Waals surface area contributed by atoms with Crippen LogP contribution in [0.1, 0.15) is 30.6 Å². The van der Waals surface area contributed by atoms with Crippen LogP contribution in [0.3, 0.4) is 0 Å². The Bertz CT molecular complexity index is 633. The van der Waals surface area contributed by atoms with E-state index >= 15 is 0 Å². The summed E-state index contributed by atoms with van der Waals surface area (Å²) in [6.45, 7) is 1.63. The lowest BCUT2D eigenvalue weighted by atomic mass is 10.1. The molecule has 1 saturated heterocycles. The van der Waals surface area contributed by atoms with E-state index < -0.39 is 10.0 Å². The van der Waals surface area contributed by atoms with Gasteiger partial charge in [0.2, 0.25) is 10.0 Å². The van der Waals surface area contributed by atoms with Crippen LogP contribution < -0.4 is 5.32 Å². The highest BCUT2D eigenvalue weighted by Crippen LogP contribution is 2.29. The first kappa shape index (κ1) is 16.7. The first-order valence-corrected chi connectivity index (χ1v) is 10.7. The molecule has 128 valence electrons. The minimum absolute atomic E-state index is 0.0151. The Morgan fingerprint density at radius 3 is 2.57 bits per heavy atom. The number of carbonyl (C=O) groups is 1. The van der Waals surface area contributed by atoms with E-state index in [0.717, 1.165) is 12.8 Å². The number of carbonyl (C=O) groups excluding carboxylic acids is 1. The molecule has 0 unspecified atom stereocenters. The molecule has 1 N–H and O–H groups in total. The van der Waals surface area contributed by atoms with Crippen molar-refractivity contribution in [2.24, 2.45) is 0 Å². The van der Waals surface area contributed by atoms with Gasteiger partial charge in [-0.15, -0.1) is 11.3 Å². The molecule has 23 heavy (non-hydrogen) atoms. The van der Waals surface area contributed by atoms with Crippen LogP contribution >= 0.6 is 11.3 Å². The van der Waals surface area contributed by atoms with Crippen molar-refractivity contribution in [3.05, 3.63) is 22.4 Å². The van der Waals surface area contributed by atoms with E-state index in [2.05, 4.69) is 11.4 Å². The average Bonchev–Trinajstić information content (AvgIpc) is 3.20. The van der Waals surface area contributed by atoms with Crippen LogP contribution in [0.15, 0.2) is 17.5 Å². The van der Waals surface area contributed by atoms with Gasteiger partial charge in [0, 0.05) is 30.1 Å². The molecule has 0 radical (unpaired) electrons. The van der Waals surface area contributed by atoms with Gasteiger partial charge in [-0.2, -0.15) is 0 Å². The largest absolute Gasteiger partial charge is 0.335 e. The van der Waals surface area contributed by atoms with Crippen molar-refractivity contribution in [2.45, 2.75) is 44.3 Å². The minimum atomic E-state index is -3.12. The normalized spacial score (nSPS) is 20.4. The Labute approximate surface area is 141 Å². The number of sulfonamides is 1. The van der Waals surface area contributed by atoms with E-state index in [1.165, 1.54) is 15.4 Å². The molecule has 1 aliphatic heterocycles. The molecule has 6 nitrogen and oxygen atoms in total. The highest BCUT2D eigenvalue weighted by atomic mass is 32.2. The molecule has 1 aliphatic carbocycles. The number of amides is 2. The summed E-state index contributed by atoms with van der Waals surface area (Å²) in [5.74, 6) is 0. The van der Waals surface area contributed by atoms with Crippen molar-refractivity contribution < 1.29 is 13.2 Å². The zero-order chi connectivity index (χ0) is 16.4. The molecule has 0 spiro atoms. The number of nitrogens with zero attached hydrogens (tertiary/aromatic N) is 2. The smallest absolute Gasteiger partial charge is 0.318 e. The Morgan fingerprint density at radius 2 is 2.04 bits per heavy atom. The van der Waals surface area contributed by atoms with E-state index in [1.54, 1.807) is 11.3 Å². The van der Waals surface area contributed by atoms with Crippen molar-refractivity contribution in [1.82, 2.24) is 14.5 Å². The van der Waals surface area contributed by atoms with Crippen LogP contribution in [-0.2, 0) is 16.6 Å². The van der Waals surface area contributed by atoms with Gasteiger partial charge >= 0.3 is 6.03 Å². The number of rotatable bonds is 5. The fraction of sp³-hybridized carbons (Fsp3) is 0.667. The van der Waals surface area contributed by atoms with Crippen molar-refractivity contribution in [3.8, 4) is 0 Å². The summed E-state index contributed by atoms with van der Waals surface area (Å²) < 4.78 is 24.5. The molecule has 1 saturated carbocycles. The molecule has 8 heteroatoms. The van der Waals surface area contributed by atoms with Gasteiger partial charge < -0.3 is 10.2 Å². The third kappa shape index (κ3) is 4.45. The molecule has 2 heterocycles. The van der Waals surface area contributed by atoms with E-state index in [4.69, 9.17) is 0 Å². The van der Waals surface area contributed by atoms with Crippen molar-refractivity contribution in [1.29, 1.82) is 0 Å². The maximum Gasteiger partial charge on any atom is 0.318 e. The van der Waals surface area contributed by atoms with Crippen molar-refractivity contribution in [2.75, 3.05) is 19.3 Å². The number of hydrogen-bond donors (Lipinski definition) is 1. The molecule has 2 aliphatic rings. The van der Waals surface area contributed by atoms with Gasteiger partial charge in [-0.25, -0.2) is 17.5 Å². The Hall–Kier alpha value is -1.12. The number of piperidine rings is 1. The summed E-state index contributed by atoms with van der Waals surface area (Å²) in [4.78, 5) is 15.7. The zero-order valence-electron chi connectivity index (χ0n) is 13.3. The number of urea groups is 1. The van der Waals surface area contributed by atoms with Gasteiger partial charge in [-0.3, -0.25) is 0 Å². The van der Waals surface area contributed by atoms with Crippen LogP contribution in [0.4, 0.5) is 4.79 Å². The van der Waals surface area contributed by atoms with Gasteiger partial charge in [0.1, 0.15) is 0 Å². The molecule has 1 aromatic rings. The molecule has 0 bridgehead atoms. The van der Waals surface area contributed by atoms with Crippen molar-refractivity contribution >= 4 is 27.4 Å². The third-order valence-electron chi connectivity index (χ3n) is 4.41. The molecule has 2 fully saturated rings. The molecule has 2 amide bonds. The second kappa shape index (κ2) is 6.78. The van der Waals surface area contributed by atoms with Crippen LogP contribution in [-0.4, -0.2) is 55.1 Å². The lowest BCUT2D eigenvalue weighted by molar-refractivity contribution is 0.182. The molecular weight excluding hydrogens is 334 g/mol. The van der Waals surface area contributed by atoms with E-state index in [-0.39, 0.29) is 12.1 Å². The predicted octanol–water partition coefficient (Wildman–Crippen LogP) is 1.85. The SMILES string of the molecule is CS(=O)(=O)N1CCC(NC(=O)N(Cc2cccs2)C2CC2)CC1. The van der Waals surface area contributed by atoms with Gasteiger partial charge in [-0.1, -0.05) is 6.07 Å². The standard InChI is InChI=1S/C15H23N3O3S2/c1-23(20,21)17-8-6-12(7-9-17)16-15(19)18(13-4-5-13)11-14-3-2-10-22-14/h2-3,10,12-13H,4-9,11H2,1H3,(H,16,19). The second-order valence-corrected chi connectivity index (χ2v) is 9.34. The third-order valence-corrected chi connectivity index (χ3v) is 6.57. The summed E-state index contributed by atoms with van der Waals surface area (Å²) in [5.41, 5.74) is 0. The van der Waals surface area contributed by atoms with Crippen LogP contribution in [0.25, 0.3) is 0 Å². The molecule has 0 aromatic carbocycles.